The molecule has 1 aliphatic rings. The van der Waals surface area contributed by atoms with Gasteiger partial charge in [0.25, 0.3) is 10.0 Å². The third-order valence-electron chi connectivity index (χ3n) is 5.26. The summed E-state index contributed by atoms with van der Waals surface area (Å²) in [5, 5.41) is 3.25. The van der Waals surface area contributed by atoms with Crippen LogP contribution in [0.4, 0.5) is 0 Å². The van der Waals surface area contributed by atoms with Crippen LogP contribution in [0.15, 0.2) is 40.6 Å². The summed E-state index contributed by atoms with van der Waals surface area (Å²) in [7, 11) is -3.89. The molecule has 1 fully saturated rings. The third-order valence-corrected chi connectivity index (χ3v) is 8.32. The average Bonchev–Trinajstić information content (AvgIpc) is 3.27. The number of sulfonamides is 1. The van der Waals surface area contributed by atoms with Crippen LogP contribution in [-0.4, -0.2) is 45.7 Å². The minimum Gasteiger partial charge on any atom is -0.494 e. The second-order valence-corrected chi connectivity index (χ2v) is 12.2. The summed E-state index contributed by atoms with van der Waals surface area (Å²) >= 11 is 1.17. The molecule has 0 aliphatic carbocycles. The lowest BCUT2D eigenvalue weighted by molar-refractivity contribution is -0.158. The van der Waals surface area contributed by atoms with E-state index < -0.39 is 27.6 Å². The molecular formula is C24H34N2O5S2. The van der Waals surface area contributed by atoms with E-state index in [0.717, 1.165) is 35.7 Å². The summed E-state index contributed by atoms with van der Waals surface area (Å²) in [6.45, 7) is 9.53. The van der Waals surface area contributed by atoms with Crippen molar-refractivity contribution in [1.29, 1.82) is 0 Å². The topological polar surface area (TPSA) is 93.7 Å². The molecule has 1 aromatic carbocycles. The van der Waals surface area contributed by atoms with Crippen molar-refractivity contribution in [3.05, 3.63) is 36.4 Å². The predicted molar refractivity (Wildman–Crippen MR) is 131 cm³/mol. The molecule has 1 aromatic heterocycles. The van der Waals surface area contributed by atoms with Gasteiger partial charge in [-0.2, -0.15) is 4.72 Å². The van der Waals surface area contributed by atoms with Crippen LogP contribution < -0.4 is 14.8 Å². The number of ether oxygens (including phenoxy) is 2. The zero-order valence-corrected chi connectivity index (χ0v) is 21.4. The molecule has 3 rings (SSSR count). The largest absolute Gasteiger partial charge is 0.494 e. The lowest BCUT2D eigenvalue weighted by atomic mass is 9.91. The lowest BCUT2D eigenvalue weighted by Crippen LogP contribution is -2.50. The van der Waals surface area contributed by atoms with Crippen LogP contribution in [-0.2, 0) is 19.6 Å². The molecule has 1 atom stereocenters. The Bertz CT molecular complexity index is 1020. The van der Waals surface area contributed by atoms with Crippen molar-refractivity contribution in [1.82, 2.24) is 10.0 Å². The first-order valence-corrected chi connectivity index (χ1v) is 13.7. The van der Waals surface area contributed by atoms with Crippen LogP contribution in [0.2, 0.25) is 0 Å². The van der Waals surface area contributed by atoms with Crippen molar-refractivity contribution in [2.24, 2.45) is 5.92 Å². The summed E-state index contributed by atoms with van der Waals surface area (Å²) in [4.78, 5) is 13.7. The molecule has 2 heterocycles. The van der Waals surface area contributed by atoms with Gasteiger partial charge in [-0.3, -0.25) is 4.79 Å². The van der Waals surface area contributed by atoms with E-state index in [9.17, 15) is 13.2 Å². The molecule has 0 bridgehead atoms. The maximum absolute atomic E-state index is 13.2. The quantitative estimate of drug-likeness (QED) is 0.508. The first-order chi connectivity index (χ1) is 15.6. The summed E-state index contributed by atoms with van der Waals surface area (Å²) in [5.41, 5.74) is 0.212. The fourth-order valence-electron chi connectivity index (χ4n) is 3.66. The number of hydrogen-bond donors (Lipinski definition) is 2. The Morgan fingerprint density at radius 1 is 1.15 bits per heavy atom. The van der Waals surface area contributed by atoms with E-state index in [2.05, 4.69) is 17.0 Å². The molecule has 33 heavy (non-hydrogen) atoms. The van der Waals surface area contributed by atoms with E-state index in [1.807, 2.05) is 24.3 Å². The van der Waals surface area contributed by atoms with Gasteiger partial charge in [0.15, 0.2) is 0 Å². The van der Waals surface area contributed by atoms with Crippen LogP contribution in [0.1, 0.15) is 47.0 Å². The van der Waals surface area contributed by atoms with E-state index in [1.54, 1.807) is 32.9 Å². The molecule has 2 aromatic rings. The van der Waals surface area contributed by atoms with Crippen LogP contribution >= 0.6 is 11.3 Å². The second-order valence-electron chi connectivity index (χ2n) is 9.21. The van der Waals surface area contributed by atoms with Gasteiger partial charge in [-0.25, -0.2) is 8.42 Å². The molecule has 0 radical (unpaired) electrons. The van der Waals surface area contributed by atoms with E-state index >= 15 is 0 Å². The zero-order valence-electron chi connectivity index (χ0n) is 19.7. The van der Waals surface area contributed by atoms with E-state index in [4.69, 9.17) is 9.47 Å². The number of hydrogen-bond acceptors (Lipinski definition) is 7. The fourth-order valence-corrected chi connectivity index (χ4v) is 6.24. The first kappa shape index (κ1) is 25.7. The summed E-state index contributed by atoms with van der Waals surface area (Å²) in [6.07, 6.45) is 2.34. The fraction of sp³-hybridized carbons (Fsp3) is 0.542. The van der Waals surface area contributed by atoms with Gasteiger partial charge in [0, 0.05) is 4.88 Å². The van der Waals surface area contributed by atoms with Gasteiger partial charge < -0.3 is 14.8 Å². The van der Waals surface area contributed by atoms with Crippen LogP contribution in [0.3, 0.4) is 0 Å². The summed E-state index contributed by atoms with van der Waals surface area (Å²) in [5.74, 6) is 0.136. The minimum absolute atomic E-state index is 0.119. The van der Waals surface area contributed by atoms with E-state index in [0.29, 0.717) is 19.4 Å². The predicted octanol–water partition coefficient (Wildman–Crippen LogP) is 4.19. The number of nitrogens with one attached hydrogen (secondary N) is 2. The molecule has 182 valence electrons. The standard InChI is InChI=1S/C24H34N2O5S2/c1-5-16-30-19-8-6-17(7-9-19)20-10-11-21(32-20)33(28,29)26-22(18-12-14-25-15-13-18)23(27)31-24(2,3)4/h6-11,18,22,25-26H,5,12-16H2,1-4H3/t22-/m1/s1. The van der Waals surface area contributed by atoms with Crippen molar-refractivity contribution < 1.29 is 22.7 Å². The average molecular weight is 495 g/mol. The van der Waals surface area contributed by atoms with E-state index in [-0.39, 0.29) is 10.1 Å². The molecule has 2 N–H and O–H groups in total. The molecule has 0 unspecified atom stereocenters. The van der Waals surface area contributed by atoms with Crippen LogP contribution in [0.25, 0.3) is 10.4 Å². The maximum atomic E-state index is 13.2. The van der Waals surface area contributed by atoms with Gasteiger partial charge in [0.05, 0.1) is 6.61 Å². The molecule has 0 saturated carbocycles. The number of thiophene rings is 1. The highest BCUT2D eigenvalue weighted by Crippen LogP contribution is 2.32. The van der Waals surface area contributed by atoms with Crippen molar-refractivity contribution >= 4 is 27.3 Å². The maximum Gasteiger partial charge on any atom is 0.324 e. The number of carbonyl (C=O) groups excluding carboxylic acids is 1. The number of piperidine rings is 1. The Morgan fingerprint density at radius 2 is 1.82 bits per heavy atom. The Labute approximate surface area is 200 Å². The summed E-state index contributed by atoms with van der Waals surface area (Å²) < 4.78 is 40.5. The number of carbonyl (C=O) groups is 1. The minimum atomic E-state index is -3.89. The number of rotatable bonds is 9. The highest BCUT2D eigenvalue weighted by atomic mass is 32.2. The SMILES string of the molecule is CCCOc1ccc(-c2ccc(S(=O)(=O)N[C@@H](C(=O)OC(C)(C)C)C3CCNCC3)s2)cc1. The monoisotopic (exact) mass is 494 g/mol. The van der Waals surface area contributed by atoms with Gasteiger partial charge in [-0.1, -0.05) is 6.92 Å². The van der Waals surface area contributed by atoms with E-state index in [1.165, 1.54) is 11.3 Å². The molecule has 7 nitrogen and oxygen atoms in total. The third kappa shape index (κ3) is 7.27. The van der Waals surface area contributed by atoms with Gasteiger partial charge in [0.2, 0.25) is 0 Å². The summed E-state index contributed by atoms with van der Waals surface area (Å²) in [6, 6.07) is 10.0. The lowest BCUT2D eigenvalue weighted by Gasteiger charge is -2.31. The molecule has 1 saturated heterocycles. The molecule has 0 spiro atoms. The van der Waals surface area contributed by atoms with Gasteiger partial charge in [-0.05, 0) is 101 Å². The van der Waals surface area contributed by atoms with Gasteiger partial charge in [-0.15, -0.1) is 11.3 Å². The Kier molecular flexibility index (Phi) is 8.55. The first-order valence-electron chi connectivity index (χ1n) is 11.4. The van der Waals surface area contributed by atoms with Crippen molar-refractivity contribution in [2.75, 3.05) is 19.7 Å². The smallest absolute Gasteiger partial charge is 0.324 e. The molecule has 9 heteroatoms. The van der Waals surface area contributed by atoms with Crippen molar-refractivity contribution in [2.45, 2.75) is 62.8 Å². The van der Waals surface area contributed by atoms with Gasteiger partial charge >= 0.3 is 5.97 Å². The number of benzene rings is 1. The van der Waals surface area contributed by atoms with Crippen molar-refractivity contribution in [3.8, 4) is 16.2 Å². The Hall–Kier alpha value is -1.94. The van der Waals surface area contributed by atoms with Crippen molar-refractivity contribution in [3.63, 3.8) is 0 Å². The Balaban J connectivity index is 1.78. The number of esters is 1. The highest BCUT2D eigenvalue weighted by Gasteiger charge is 2.36. The molecule has 1 aliphatic heterocycles. The molecular weight excluding hydrogens is 460 g/mol. The van der Waals surface area contributed by atoms with Crippen LogP contribution in [0, 0.1) is 5.92 Å². The normalized spacial score (nSPS) is 16.4. The molecule has 0 amide bonds. The highest BCUT2D eigenvalue weighted by molar-refractivity contribution is 7.91. The second kappa shape index (κ2) is 11.0. The zero-order chi connectivity index (χ0) is 24.1. The van der Waals surface area contributed by atoms with Crippen LogP contribution in [0.5, 0.6) is 5.75 Å². The van der Waals surface area contributed by atoms with Gasteiger partial charge in [0.1, 0.15) is 21.6 Å². The Morgan fingerprint density at radius 3 is 2.42 bits per heavy atom.